The van der Waals surface area contributed by atoms with Gasteiger partial charge in [0.1, 0.15) is 19.3 Å². The summed E-state index contributed by atoms with van der Waals surface area (Å²) in [5.74, 6) is -0.337. The topological polar surface area (TPSA) is 94.1 Å². The number of ether oxygens (including phenoxy) is 2. The molecular formula is C56H106NO7P. The Morgan fingerprint density at radius 3 is 1.25 bits per heavy atom. The molecule has 0 aromatic heterocycles. The molecule has 8 nitrogen and oxygen atoms in total. The van der Waals surface area contributed by atoms with Crippen LogP contribution in [0.3, 0.4) is 0 Å². The molecule has 2 unspecified atom stereocenters. The predicted octanol–water partition coefficient (Wildman–Crippen LogP) is 16.4. The molecule has 0 saturated heterocycles. The van der Waals surface area contributed by atoms with Crippen LogP contribution in [0.15, 0.2) is 48.6 Å². The molecule has 0 rings (SSSR count). The van der Waals surface area contributed by atoms with Gasteiger partial charge in [0.2, 0.25) is 0 Å². The second kappa shape index (κ2) is 48.9. The third-order valence-corrected chi connectivity index (χ3v) is 12.8. The number of hydrogen-bond donors (Lipinski definition) is 0. The second-order valence-electron chi connectivity index (χ2n) is 19.6. The van der Waals surface area contributed by atoms with Crippen LogP contribution in [0.5, 0.6) is 0 Å². The number of phosphoric ester groups is 1. The minimum atomic E-state index is -4.54. The van der Waals surface area contributed by atoms with Crippen LogP contribution < -0.4 is 4.89 Å². The van der Waals surface area contributed by atoms with E-state index in [2.05, 4.69) is 62.5 Å². The summed E-state index contributed by atoms with van der Waals surface area (Å²) in [7, 11) is 1.35. The van der Waals surface area contributed by atoms with Gasteiger partial charge in [-0.25, -0.2) is 0 Å². The van der Waals surface area contributed by atoms with Gasteiger partial charge in [-0.05, 0) is 77.0 Å². The van der Waals surface area contributed by atoms with Crippen molar-refractivity contribution in [2.75, 3.05) is 54.1 Å². The van der Waals surface area contributed by atoms with Crippen molar-refractivity contribution < 1.29 is 37.3 Å². The molecule has 2 atom stereocenters. The molecule has 0 radical (unpaired) electrons. The first kappa shape index (κ1) is 63.5. The highest BCUT2D eigenvalue weighted by Gasteiger charge is 2.20. The molecular weight excluding hydrogens is 830 g/mol. The number of rotatable bonds is 51. The molecule has 65 heavy (non-hydrogen) atoms. The number of phosphoric acid groups is 1. The number of esters is 1. The minimum absolute atomic E-state index is 0.0239. The lowest BCUT2D eigenvalue weighted by molar-refractivity contribution is -0.870. The van der Waals surface area contributed by atoms with Crippen LogP contribution in [0.2, 0.25) is 0 Å². The van der Waals surface area contributed by atoms with Crippen molar-refractivity contribution in [2.24, 2.45) is 0 Å². The molecule has 0 aliphatic carbocycles. The van der Waals surface area contributed by atoms with E-state index in [0.29, 0.717) is 24.1 Å². The SMILES string of the molecule is CCCCCCC/C=C\C/C=C\CCCCCCCCCCCCOCC(COP(=O)([O-])OCC[N+](C)(C)C)OC(=O)CCCCCCCCCCC/C=C\C/C=C\CCCCCCC. The fourth-order valence-electron chi connectivity index (χ4n) is 7.61. The zero-order valence-electron chi connectivity index (χ0n) is 43.4. The van der Waals surface area contributed by atoms with Gasteiger partial charge in [0.15, 0.2) is 0 Å². The highest BCUT2D eigenvalue weighted by Crippen LogP contribution is 2.38. The van der Waals surface area contributed by atoms with Gasteiger partial charge in [0.25, 0.3) is 7.82 Å². The van der Waals surface area contributed by atoms with Crippen molar-refractivity contribution in [3.63, 3.8) is 0 Å². The number of hydrogen-bond acceptors (Lipinski definition) is 7. The van der Waals surface area contributed by atoms with Gasteiger partial charge in [-0.3, -0.25) is 9.36 Å². The summed E-state index contributed by atoms with van der Waals surface area (Å²) in [5, 5.41) is 0. The molecule has 0 N–H and O–H groups in total. The van der Waals surface area contributed by atoms with Crippen LogP contribution in [0, 0.1) is 0 Å². The molecule has 0 saturated carbocycles. The number of nitrogens with zero attached hydrogens (tertiary/aromatic N) is 1. The first-order valence-electron chi connectivity index (χ1n) is 27.4. The van der Waals surface area contributed by atoms with E-state index in [-0.39, 0.29) is 25.8 Å². The van der Waals surface area contributed by atoms with Gasteiger partial charge in [-0.1, -0.05) is 210 Å². The number of quaternary nitrogens is 1. The van der Waals surface area contributed by atoms with Gasteiger partial charge in [0.05, 0.1) is 34.4 Å². The van der Waals surface area contributed by atoms with Gasteiger partial charge < -0.3 is 27.9 Å². The summed E-state index contributed by atoms with van der Waals surface area (Å²) < 4.78 is 34.8. The van der Waals surface area contributed by atoms with Gasteiger partial charge >= 0.3 is 5.97 Å². The van der Waals surface area contributed by atoms with Gasteiger partial charge in [-0.2, -0.15) is 0 Å². The first-order chi connectivity index (χ1) is 31.6. The Bertz CT molecular complexity index is 1180. The van der Waals surface area contributed by atoms with E-state index in [9.17, 15) is 14.3 Å². The van der Waals surface area contributed by atoms with Gasteiger partial charge in [-0.15, -0.1) is 0 Å². The van der Waals surface area contributed by atoms with E-state index in [1.165, 1.54) is 180 Å². The highest BCUT2D eigenvalue weighted by atomic mass is 31.2. The molecule has 0 aliphatic heterocycles. The van der Waals surface area contributed by atoms with E-state index in [1.807, 2.05) is 21.1 Å². The average Bonchev–Trinajstić information content (AvgIpc) is 3.27. The van der Waals surface area contributed by atoms with Crippen LogP contribution in [0.4, 0.5) is 0 Å². The lowest BCUT2D eigenvalue weighted by Gasteiger charge is -2.28. The second-order valence-corrected chi connectivity index (χ2v) is 21.0. The number of allylic oxidation sites excluding steroid dienone is 8. The Kier molecular flexibility index (Phi) is 47.7. The Morgan fingerprint density at radius 1 is 0.477 bits per heavy atom. The standard InChI is InChI=1S/C56H106NO7P/c1-6-8-10-12-14-16-18-20-22-24-26-28-30-32-34-36-38-40-42-44-46-48-51-61-53-55(54-63-65(59,60)62-52-50-57(3,4)5)64-56(58)49-47-45-43-41-39-37-35-33-31-29-27-25-23-21-19-17-15-13-11-9-7-2/h18-21,24-27,55H,6-17,22-23,28-54H2,1-5H3/b20-18-,21-19-,26-24-,27-25-. The quantitative estimate of drug-likeness (QED) is 0.0197. The molecule has 0 heterocycles. The van der Waals surface area contributed by atoms with Crippen molar-refractivity contribution in [2.45, 2.75) is 251 Å². The van der Waals surface area contributed by atoms with E-state index < -0.39 is 13.9 Å². The van der Waals surface area contributed by atoms with E-state index in [4.69, 9.17) is 18.5 Å². The Hall–Kier alpha value is -1.54. The van der Waals surface area contributed by atoms with E-state index >= 15 is 0 Å². The summed E-state index contributed by atoms with van der Waals surface area (Å²) in [6, 6.07) is 0. The molecule has 0 spiro atoms. The molecule has 0 aliphatic rings. The predicted molar refractivity (Wildman–Crippen MR) is 277 cm³/mol. The van der Waals surface area contributed by atoms with Crippen molar-refractivity contribution in [3.05, 3.63) is 48.6 Å². The van der Waals surface area contributed by atoms with Crippen molar-refractivity contribution in [3.8, 4) is 0 Å². The van der Waals surface area contributed by atoms with Crippen molar-refractivity contribution in [1.82, 2.24) is 0 Å². The summed E-state index contributed by atoms with van der Waals surface area (Å²) in [6.45, 7) is 5.41. The monoisotopic (exact) mass is 936 g/mol. The number of carbonyl (C=O) groups excluding carboxylic acids is 1. The van der Waals surface area contributed by atoms with Crippen LogP contribution in [-0.4, -0.2) is 70.7 Å². The van der Waals surface area contributed by atoms with Crippen LogP contribution >= 0.6 is 7.82 Å². The molecule has 382 valence electrons. The largest absolute Gasteiger partial charge is 0.756 e. The smallest absolute Gasteiger partial charge is 0.306 e. The van der Waals surface area contributed by atoms with E-state index in [0.717, 1.165) is 44.9 Å². The third-order valence-electron chi connectivity index (χ3n) is 11.9. The summed E-state index contributed by atoms with van der Waals surface area (Å²) in [5.41, 5.74) is 0. The lowest BCUT2D eigenvalue weighted by Crippen LogP contribution is -2.37. The average molecular weight is 936 g/mol. The molecule has 0 aromatic rings. The van der Waals surface area contributed by atoms with Crippen LogP contribution in [0.25, 0.3) is 0 Å². The summed E-state index contributed by atoms with van der Waals surface area (Å²) in [6.07, 6.45) is 61.4. The van der Waals surface area contributed by atoms with Crippen molar-refractivity contribution in [1.29, 1.82) is 0 Å². The minimum Gasteiger partial charge on any atom is -0.756 e. The fourth-order valence-corrected chi connectivity index (χ4v) is 8.34. The maximum absolute atomic E-state index is 12.8. The number of likely N-dealkylation sites (N-methyl/N-ethyl adjacent to an activating group) is 1. The molecule has 0 bridgehead atoms. The molecule has 9 heteroatoms. The van der Waals surface area contributed by atoms with Crippen LogP contribution in [-0.2, 0) is 27.9 Å². The van der Waals surface area contributed by atoms with Crippen molar-refractivity contribution >= 4 is 13.8 Å². The maximum Gasteiger partial charge on any atom is 0.306 e. The summed E-state index contributed by atoms with van der Waals surface area (Å²) >= 11 is 0. The maximum atomic E-state index is 12.8. The van der Waals surface area contributed by atoms with Gasteiger partial charge in [0, 0.05) is 13.0 Å². The normalized spacial score (nSPS) is 13.9. The zero-order chi connectivity index (χ0) is 47.6. The van der Waals surface area contributed by atoms with E-state index in [1.54, 1.807) is 0 Å². The Balaban J connectivity index is 4.12. The molecule has 0 fully saturated rings. The lowest BCUT2D eigenvalue weighted by atomic mass is 10.1. The first-order valence-corrected chi connectivity index (χ1v) is 28.8. The fraction of sp³-hybridized carbons (Fsp3) is 0.839. The highest BCUT2D eigenvalue weighted by molar-refractivity contribution is 7.45. The Morgan fingerprint density at radius 2 is 0.846 bits per heavy atom. The summed E-state index contributed by atoms with van der Waals surface area (Å²) in [4.78, 5) is 25.2. The molecule has 0 amide bonds. The number of carbonyl (C=O) groups is 1. The Labute approximate surface area is 403 Å². The van der Waals surface area contributed by atoms with Crippen LogP contribution in [0.1, 0.15) is 245 Å². The number of unbranched alkanes of at least 4 members (excludes halogenated alkanes) is 29. The molecule has 0 aromatic carbocycles. The zero-order valence-corrected chi connectivity index (χ0v) is 44.3. The third kappa shape index (κ3) is 53.3.